The van der Waals surface area contributed by atoms with Gasteiger partial charge in [0.25, 0.3) is 0 Å². The van der Waals surface area contributed by atoms with Crippen molar-refractivity contribution >= 4 is 11.6 Å². The van der Waals surface area contributed by atoms with E-state index in [1.807, 2.05) is 13.8 Å². The van der Waals surface area contributed by atoms with E-state index in [1.54, 1.807) is 13.0 Å². The van der Waals surface area contributed by atoms with Crippen molar-refractivity contribution in [3.63, 3.8) is 0 Å². The van der Waals surface area contributed by atoms with Gasteiger partial charge in [0, 0.05) is 29.5 Å². The van der Waals surface area contributed by atoms with E-state index in [-0.39, 0.29) is 17.2 Å². The lowest BCUT2D eigenvalue weighted by atomic mass is 9.93. The quantitative estimate of drug-likeness (QED) is 0.894. The molecule has 0 aliphatic carbocycles. The lowest BCUT2D eigenvalue weighted by Gasteiger charge is -2.36. The number of rotatable bonds is 3. The number of carbonyl (C=O) groups excluding carboxylic acids is 1. The predicted octanol–water partition coefficient (Wildman–Crippen LogP) is 2.60. The Kier molecular flexibility index (Phi) is 3.99. The Bertz CT molecular complexity index is 529. The summed E-state index contributed by atoms with van der Waals surface area (Å²) in [7, 11) is 0. The highest BCUT2D eigenvalue weighted by atomic mass is 19.1. The lowest BCUT2D eigenvalue weighted by molar-refractivity contribution is -0.0553. The monoisotopic (exact) mass is 280 g/mol. The Labute approximate surface area is 118 Å². The number of hydrogen-bond donors (Lipinski definition) is 2. The number of nitrogens with two attached hydrogens (primary N) is 1. The maximum absolute atomic E-state index is 13.8. The summed E-state index contributed by atoms with van der Waals surface area (Å²) in [5, 5.41) is 3.31. The summed E-state index contributed by atoms with van der Waals surface area (Å²) in [4.78, 5) is 11.2. The zero-order chi connectivity index (χ0) is 14.9. The van der Waals surface area contributed by atoms with E-state index in [1.165, 1.54) is 6.07 Å². The van der Waals surface area contributed by atoms with Crippen LogP contribution in [0.5, 0.6) is 0 Å². The molecule has 1 heterocycles. The van der Waals surface area contributed by atoms with Crippen LogP contribution < -0.4 is 11.1 Å². The highest BCUT2D eigenvalue weighted by Gasteiger charge is 2.29. The third-order valence-electron chi connectivity index (χ3n) is 3.69. The number of halogens is 1. The minimum Gasteiger partial charge on any atom is -0.382 e. The number of primary amides is 1. The standard InChI is InChI=1S/C15H21FN2O2/c1-9-12(16)6-10(14(17)19)7-13(9)18-11-4-5-20-15(2,3)8-11/h6-7,11,18H,4-5,8H2,1-3H3,(H2,17,19). The number of ether oxygens (including phenoxy) is 1. The first-order chi connectivity index (χ1) is 9.28. The van der Waals surface area contributed by atoms with Crippen LogP contribution in [0.1, 0.15) is 42.6 Å². The van der Waals surface area contributed by atoms with Crippen molar-refractivity contribution in [3.8, 4) is 0 Å². The highest BCUT2D eigenvalue weighted by molar-refractivity contribution is 5.94. The van der Waals surface area contributed by atoms with Gasteiger partial charge in [0.1, 0.15) is 5.82 Å². The number of nitrogens with one attached hydrogen (secondary N) is 1. The fourth-order valence-corrected chi connectivity index (χ4v) is 2.55. The second-order valence-corrected chi connectivity index (χ2v) is 5.94. The fraction of sp³-hybridized carbons (Fsp3) is 0.533. The van der Waals surface area contributed by atoms with E-state index in [4.69, 9.17) is 10.5 Å². The summed E-state index contributed by atoms with van der Waals surface area (Å²) in [6.07, 6.45) is 1.68. The van der Waals surface area contributed by atoms with Crippen molar-refractivity contribution in [2.75, 3.05) is 11.9 Å². The Hall–Kier alpha value is -1.62. The van der Waals surface area contributed by atoms with Crippen LogP contribution in [-0.2, 0) is 4.74 Å². The zero-order valence-electron chi connectivity index (χ0n) is 12.1. The van der Waals surface area contributed by atoms with Crippen LogP contribution in [0.2, 0.25) is 0 Å². The molecule has 1 aliphatic heterocycles. The van der Waals surface area contributed by atoms with E-state index in [0.717, 1.165) is 12.8 Å². The molecule has 1 saturated heterocycles. The first-order valence-electron chi connectivity index (χ1n) is 6.79. The first kappa shape index (κ1) is 14.8. The average molecular weight is 280 g/mol. The molecule has 0 bridgehead atoms. The highest BCUT2D eigenvalue weighted by Crippen LogP contribution is 2.28. The van der Waals surface area contributed by atoms with E-state index in [2.05, 4.69) is 5.32 Å². The van der Waals surface area contributed by atoms with Crippen molar-refractivity contribution in [3.05, 3.63) is 29.1 Å². The van der Waals surface area contributed by atoms with Crippen LogP contribution in [0, 0.1) is 12.7 Å². The normalized spacial score (nSPS) is 21.5. The van der Waals surface area contributed by atoms with Crippen molar-refractivity contribution in [2.24, 2.45) is 5.73 Å². The van der Waals surface area contributed by atoms with Gasteiger partial charge in [0.2, 0.25) is 5.91 Å². The zero-order valence-corrected chi connectivity index (χ0v) is 12.1. The molecular weight excluding hydrogens is 259 g/mol. The largest absolute Gasteiger partial charge is 0.382 e. The maximum Gasteiger partial charge on any atom is 0.248 e. The minimum absolute atomic E-state index is 0.182. The van der Waals surface area contributed by atoms with Gasteiger partial charge in [0.05, 0.1) is 5.60 Å². The molecule has 1 fully saturated rings. The number of anilines is 1. The van der Waals surface area contributed by atoms with Crippen LogP contribution in [-0.4, -0.2) is 24.2 Å². The van der Waals surface area contributed by atoms with Gasteiger partial charge in [-0.15, -0.1) is 0 Å². The van der Waals surface area contributed by atoms with Crippen molar-refractivity contribution in [2.45, 2.75) is 45.3 Å². The van der Waals surface area contributed by atoms with Crippen LogP contribution >= 0.6 is 0 Å². The molecule has 1 amide bonds. The lowest BCUT2D eigenvalue weighted by Crippen LogP contribution is -2.40. The third-order valence-corrected chi connectivity index (χ3v) is 3.69. The predicted molar refractivity (Wildman–Crippen MR) is 76.3 cm³/mol. The minimum atomic E-state index is -0.626. The molecule has 2 rings (SSSR count). The van der Waals surface area contributed by atoms with Crippen molar-refractivity contribution in [1.29, 1.82) is 0 Å². The number of amides is 1. The van der Waals surface area contributed by atoms with Gasteiger partial charge in [-0.05, 0) is 45.7 Å². The molecule has 1 aliphatic rings. The number of benzene rings is 1. The maximum atomic E-state index is 13.8. The van der Waals surface area contributed by atoms with Crippen LogP contribution in [0.25, 0.3) is 0 Å². The smallest absolute Gasteiger partial charge is 0.248 e. The molecule has 1 atom stereocenters. The van der Waals surface area contributed by atoms with Gasteiger partial charge in [-0.2, -0.15) is 0 Å². The molecule has 4 nitrogen and oxygen atoms in total. The number of carbonyl (C=O) groups is 1. The summed E-state index contributed by atoms with van der Waals surface area (Å²) in [6.45, 7) is 6.43. The fourth-order valence-electron chi connectivity index (χ4n) is 2.55. The van der Waals surface area contributed by atoms with Crippen molar-refractivity contribution in [1.82, 2.24) is 0 Å². The topological polar surface area (TPSA) is 64.4 Å². The van der Waals surface area contributed by atoms with Gasteiger partial charge >= 0.3 is 0 Å². The molecule has 1 aromatic rings. The molecule has 0 aromatic heterocycles. The summed E-state index contributed by atoms with van der Waals surface area (Å²) in [5.74, 6) is -1.05. The summed E-state index contributed by atoms with van der Waals surface area (Å²) < 4.78 is 19.5. The SMILES string of the molecule is Cc1c(F)cc(C(N)=O)cc1NC1CCOC(C)(C)C1. The third kappa shape index (κ3) is 3.28. The molecular formula is C15H21FN2O2. The van der Waals surface area contributed by atoms with Crippen LogP contribution in [0.15, 0.2) is 12.1 Å². The number of hydrogen-bond acceptors (Lipinski definition) is 3. The molecule has 1 unspecified atom stereocenters. The Morgan fingerprint density at radius 1 is 1.50 bits per heavy atom. The van der Waals surface area contributed by atoms with Crippen molar-refractivity contribution < 1.29 is 13.9 Å². The molecule has 5 heteroatoms. The van der Waals surface area contributed by atoms with E-state index in [9.17, 15) is 9.18 Å². The Morgan fingerprint density at radius 2 is 2.20 bits per heavy atom. The summed E-state index contributed by atoms with van der Waals surface area (Å²) in [5.41, 5.74) is 6.34. The van der Waals surface area contributed by atoms with Gasteiger partial charge < -0.3 is 15.8 Å². The molecule has 1 aromatic carbocycles. The molecule has 20 heavy (non-hydrogen) atoms. The van der Waals surface area contributed by atoms with Gasteiger partial charge in [-0.3, -0.25) is 4.79 Å². The van der Waals surface area contributed by atoms with E-state index < -0.39 is 11.7 Å². The average Bonchev–Trinajstić information content (AvgIpc) is 2.33. The summed E-state index contributed by atoms with van der Waals surface area (Å²) >= 11 is 0. The first-order valence-corrected chi connectivity index (χ1v) is 6.79. The molecule has 0 radical (unpaired) electrons. The van der Waals surface area contributed by atoms with Crippen LogP contribution in [0.4, 0.5) is 10.1 Å². The molecule has 0 saturated carbocycles. The second-order valence-electron chi connectivity index (χ2n) is 5.94. The molecule has 110 valence electrons. The van der Waals surface area contributed by atoms with Crippen LogP contribution in [0.3, 0.4) is 0 Å². The van der Waals surface area contributed by atoms with E-state index >= 15 is 0 Å². The molecule has 3 N–H and O–H groups in total. The van der Waals surface area contributed by atoms with E-state index in [0.29, 0.717) is 17.9 Å². The van der Waals surface area contributed by atoms with Gasteiger partial charge in [-0.25, -0.2) is 4.39 Å². The van der Waals surface area contributed by atoms with Gasteiger partial charge in [-0.1, -0.05) is 0 Å². The second kappa shape index (κ2) is 5.40. The molecule has 0 spiro atoms. The summed E-state index contributed by atoms with van der Waals surface area (Å²) in [6, 6.07) is 2.99. The van der Waals surface area contributed by atoms with Gasteiger partial charge in [0.15, 0.2) is 0 Å². The Balaban J connectivity index is 2.22. The Morgan fingerprint density at radius 3 is 2.80 bits per heavy atom.